The van der Waals surface area contributed by atoms with E-state index in [1.54, 1.807) is 19.2 Å². The third-order valence-electron chi connectivity index (χ3n) is 2.48. The Hall–Kier alpha value is -1.46. The van der Waals surface area contributed by atoms with Crippen molar-refractivity contribution in [2.24, 2.45) is 0 Å². The minimum atomic E-state index is -0.683. The lowest BCUT2D eigenvalue weighted by atomic mass is 10.1. The molecule has 0 bridgehead atoms. The van der Waals surface area contributed by atoms with E-state index in [2.05, 4.69) is 4.98 Å². The Bertz CT molecular complexity index is 540. The first-order valence-electron chi connectivity index (χ1n) is 5.58. The van der Waals surface area contributed by atoms with E-state index in [1.807, 2.05) is 6.92 Å². The van der Waals surface area contributed by atoms with Gasteiger partial charge in [-0.25, -0.2) is 9.37 Å². The van der Waals surface area contributed by atoms with Crippen molar-refractivity contribution in [2.75, 3.05) is 0 Å². The van der Waals surface area contributed by atoms with Gasteiger partial charge in [0.15, 0.2) is 11.6 Å². The fraction of sp³-hybridized carbons (Fsp3) is 0.308. The lowest BCUT2D eigenvalue weighted by Gasteiger charge is -2.09. The maximum atomic E-state index is 13.7. The van der Waals surface area contributed by atoms with Crippen LogP contribution in [-0.2, 0) is 6.61 Å². The zero-order valence-electron chi connectivity index (χ0n) is 10.2. The van der Waals surface area contributed by atoms with Crippen LogP contribution in [0.4, 0.5) is 4.39 Å². The van der Waals surface area contributed by atoms with Crippen molar-refractivity contribution in [3.8, 4) is 5.75 Å². The largest absolute Gasteiger partial charge is 0.485 e. The van der Waals surface area contributed by atoms with Crippen LogP contribution in [0, 0.1) is 12.7 Å². The molecule has 0 aliphatic heterocycles. The smallest absolute Gasteiger partial charge is 0.165 e. The number of ether oxygens (including phenoxy) is 1. The van der Waals surface area contributed by atoms with Crippen molar-refractivity contribution >= 4 is 11.3 Å². The van der Waals surface area contributed by atoms with Crippen molar-refractivity contribution in [1.82, 2.24) is 4.98 Å². The highest BCUT2D eigenvalue weighted by atomic mass is 32.1. The number of aliphatic hydroxyl groups excluding tert-OH is 1. The topological polar surface area (TPSA) is 42.4 Å². The van der Waals surface area contributed by atoms with Gasteiger partial charge in [-0.2, -0.15) is 0 Å². The van der Waals surface area contributed by atoms with Crippen molar-refractivity contribution < 1.29 is 14.2 Å². The number of nitrogens with zero attached hydrogens (tertiary/aromatic N) is 1. The minimum Gasteiger partial charge on any atom is -0.485 e. The normalized spacial score (nSPS) is 12.4. The molecule has 0 amide bonds. The molecule has 1 N–H and O–H groups in total. The molecule has 1 atom stereocenters. The number of thiazole rings is 1. The van der Waals surface area contributed by atoms with E-state index in [0.717, 1.165) is 9.88 Å². The number of benzene rings is 1. The van der Waals surface area contributed by atoms with Gasteiger partial charge in [0.2, 0.25) is 0 Å². The van der Waals surface area contributed by atoms with Gasteiger partial charge >= 0.3 is 0 Å². The second-order valence-electron chi connectivity index (χ2n) is 4.00. The van der Waals surface area contributed by atoms with Crippen LogP contribution in [0.3, 0.4) is 0 Å². The average molecular weight is 267 g/mol. The molecular weight excluding hydrogens is 253 g/mol. The third kappa shape index (κ3) is 3.05. The van der Waals surface area contributed by atoms with Crippen LogP contribution in [-0.4, -0.2) is 10.1 Å². The van der Waals surface area contributed by atoms with E-state index in [1.165, 1.54) is 23.5 Å². The summed E-state index contributed by atoms with van der Waals surface area (Å²) >= 11 is 1.52. The van der Waals surface area contributed by atoms with Gasteiger partial charge in [0.05, 0.1) is 16.0 Å². The summed E-state index contributed by atoms with van der Waals surface area (Å²) in [5, 5.41) is 10.3. The number of halogens is 1. The van der Waals surface area contributed by atoms with E-state index in [4.69, 9.17) is 4.74 Å². The SMILES string of the molecule is Cc1ncc(COc2ccc([C@@H](C)O)cc2F)s1. The van der Waals surface area contributed by atoms with Crippen molar-refractivity contribution in [2.45, 2.75) is 26.6 Å². The fourth-order valence-corrected chi connectivity index (χ4v) is 2.22. The molecule has 0 aliphatic carbocycles. The molecule has 3 nitrogen and oxygen atoms in total. The molecule has 0 saturated carbocycles. The quantitative estimate of drug-likeness (QED) is 0.924. The molecule has 18 heavy (non-hydrogen) atoms. The van der Waals surface area contributed by atoms with Gasteiger partial charge in [0.1, 0.15) is 6.61 Å². The summed E-state index contributed by atoms with van der Waals surface area (Å²) in [6, 6.07) is 4.48. The molecule has 1 aromatic carbocycles. The second kappa shape index (κ2) is 5.46. The van der Waals surface area contributed by atoms with Crippen LogP contribution in [0.1, 0.15) is 28.5 Å². The van der Waals surface area contributed by atoms with Gasteiger partial charge in [0, 0.05) is 6.20 Å². The summed E-state index contributed by atoms with van der Waals surface area (Å²) in [7, 11) is 0. The van der Waals surface area contributed by atoms with Gasteiger partial charge in [-0.15, -0.1) is 11.3 Å². The maximum absolute atomic E-state index is 13.7. The molecule has 5 heteroatoms. The fourth-order valence-electron chi connectivity index (χ4n) is 1.51. The molecule has 0 unspecified atom stereocenters. The van der Waals surface area contributed by atoms with Crippen LogP contribution < -0.4 is 4.74 Å². The molecule has 0 spiro atoms. The number of aryl methyl sites for hydroxylation is 1. The molecule has 0 fully saturated rings. The Balaban J connectivity index is 2.05. The Morgan fingerprint density at radius 2 is 2.28 bits per heavy atom. The first-order valence-corrected chi connectivity index (χ1v) is 6.39. The summed E-state index contributed by atoms with van der Waals surface area (Å²) < 4.78 is 19.1. The maximum Gasteiger partial charge on any atom is 0.165 e. The van der Waals surface area contributed by atoms with Gasteiger partial charge in [0.25, 0.3) is 0 Å². The predicted molar refractivity (Wildman–Crippen MR) is 68.2 cm³/mol. The van der Waals surface area contributed by atoms with E-state index >= 15 is 0 Å². The van der Waals surface area contributed by atoms with Gasteiger partial charge < -0.3 is 9.84 Å². The van der Waals surface area contributed by atoms with Gasteiger partial charge in [-0.05, 0) is 31.5 Å². The summed E-state index contributed by atoms with van der Waals surface area (Å²) in [5.41, 5.74) is 0.536. The lowest BCUT2D eigenvalue weighted by molar-refractivity contribution is 0.198. The molecule has 0 saturated heterocycles. The minimum absolute atomic E-state index is 0.186. The highest BCUT2D eigenvalue weighted by molar-refractivity contribution is 7.11. The first-order chi connectivity index (χ1) is 8.56. The van der Waals surface area contributed by atoms with Crippen LogP contribution in [0.5, 0.6) is 5.75 Å². The molecule has 1 aromatic heterocycles. The second-order valence-corrected chi connectivity index (χ2v) is 5.32. The Morgan fingerprint density at radius 3 is 2.83 bits per heavy atom. The number of hydrogen-bond donors (Lipinski definition) is 1. The van der Waals surface area contributed by atoms with Gasteiger partial charge in [-0.3, -0.25) is 0 Å². The highest BCUT2D eigenvalue weighted by Crippen LogP contribution is 2.23. The number of rotatable bonds is 4. The van der Waals surface area contributed by atoms with E-state index in [9.17, 15) is 9.50 Å². The Labute approximate surface area is 109 Å². The standard InChI is InChI=1S/C13H14FNO2S/c1-8(16)10-3-4-13(12(14)5-10)17-7-11-6-15-9(2)18-11/h3-6,8,16H,7H2,1-2H3/t8-/m1/s1. The zero-order chi connectivity index (χ0) is 13.1. The number of aliphatic hydroxyl groups is 1. The molecule has 2 rings (SSSR count). The van der Waals surface area contributed by atoms with E-state index in [0.29, 0.717) is 12.2 Å². The highest BCUT2D eigenvalue weighted by Gasteiger charge is 2.08. The van der Waals surface area contributed by atoms with Crippen molar-refractivity contribution in [1.29, 1.82) is 0 Å². The van der Waals surface area contributed by atoms with Crippen LogP contribution in [0.15, 0.2) is 24.4 Å². The molecule has 1 heterocycles. The molecule has 2 aromatic rings. The predicted octanol–water partition coefficient (Wildman–Crippen LogP) is 3.22. The van der Waals surface area contributed by atoms with Crippen molar-refractivity contribution in [3.63, 3.8) is 0 Å². The van der Waals surface area contributed by atoms with E-state index < -0.39 is 11.9 Å². The average Bonchev–Trinajstić information content (AvgIpc) is 2.73. The van der Waals surface area contributed by atoms with Crippen LogP contribution in [0.25, 0.3) is 0 Å². The summed E-state index contributed by atoms with van der Waals surface area (Å²) in [4.78, 5) is 5.05. The third-order valence-corrected chi connectivity index (χ3v) is 3.36. The zero-order valence-corrected chi connectivity index (χ0v) is 11.0. The van der Waals surface area contributed by atoms with E-state index in [-0.39, 0.29) is 5.75 Å². The number of aromatic nitrogens is 1. The molecule has 0 aliphatic rings. The first kappa shape index (κ1) is 13.0. The summed E-state index contributed by atoms with van der Waals surface area (Å²) in [5.74, 6) is -0.278. The Morgan fingerprint density at radius 1 is 1.50 bits per heavy atom. The number of hydrogen-bond acceptors (Lipinski definition) is 4. The Kier molecular flexibility index (Phi) is 3.93. The molecule has 0 radical (unpaired) electrons. The monoisotopic (exact) mass is 267 g/mol. The van der Waals surface area contributed by atoms with Crippen LogP contribution in [0.2, 0.25) is 0 Å². The molecular formula is C13H14FNO2S. The van der Waals surface area contributed by atoms with Gasteiger partial charge in [-0.1, -0.05) is 6.07 Å². The van der Waals surface area contributed by atoms with Crippen molar-refractivity contribution in [3.05, 3.63) is 45.7 Å². The lowest BCUT2D eigenvalue weighted by Crippen LogP contribution is -1.98. The summed E-state index contributed by atoms with van der Waals surface area (Å²) in [6.45, 7) is 3.80. The molecule has 96 valence electrons. The summed E-state index contributed by atoms with van der Waals surface area (Å²) in [6.07, 6.45) is 1.04. The van der Waals surface area contributed by atoms with Crippen LogP contribution >= 0.6 is 11.3 Å².